The zero-order chi connectivity index (χ0) is 15.0. The van der Waals surface area contributed by atoms with Gasteiger partial charge in [0.1, 0.15) is 5.82 Å². The summed E-state index contributed by atoms with van der Waals surface area (Å²) in [5.74, 6) is -0.401. The first-order chi connectivity index (χ1) is 10.0. The zero-order valence-electron chi connectivity index (χ0n) is 11.3. The van der Waals surface area contributed by atoms with Crippen molar-refractivity contribution in [1.82, 2.24) is 4.98 Å². The number of ketones is 1. The van der Waals surface area contributed by atoms with Gasteiger partial charge in [-0.1, -0.05) is 24.3 Å². The number of pyridine rings is 1. The largest absolute Gasteiger partial charge is 0.321 e. The Morgan fingerprint density at radius 1 is 1.05 bits per heavy atom. The van der Waals surface area contributed by atoms with Crippen molar-refractivity contribution < 1.29 is 9.18 Å². The molecule has 0 spiro atoms. The van der Waals surface area contributed by atoms with Crippen LogP contribution in [0.15, 0.2) is 53.3 Å². The number of carbonyl (C=O) groups excluding carboxylic acids is 1. The highest BCUT2D eigenvalue weighted by Crippen LogP contribution is 2.21. The van der Waals surface area contributed by atoms with Gasteiger partial charge in [0.25, 0.3) is 5.56 Å². The van der Waals surface area contributed by atoms with Crippen LogP contribution in [0, 0.1) is 5.82 Å². The van der Waals surface area contributed by atoms with Crippen LogP contribution in [0.2, 0.25) is 0 Å². The lowest BCUT2D eigenvalue weighted by atomic mass is 10.0. The fourth-order valence-corrected chi connectivity index (χ4v) is 2.26. The first kappa shape index (κ1) is 13.2. The van der Waals surface area contributed by atoms with E-state index in [1.165, 1.54) is 19.1 Å². The summed E-state index contributed by atoms with van der Waals surface area (Å²) in [6.07, 6.45) is 0. The van der Waals surface area contributed by atoms with E-state index in [0.29, 0.717) is 22.2 Å². The third-order valence-electron chi connectivity index (χ3n) is 3.41. The third kappa shape index (κ3) is 2.48. The van der Waals surface area contributed by atoms with Crippen molar-refractivity contribution in [3.05, 3.63) is 70.3 Å². The lowest BCUT2D eigenvalue weighted by molar-refractivity contribution is 0.101. The molecule has 0 bridgehead atoms. The second-order valence-corrected chi connectivity index (χ2v) is 4.88. The van der Waals surface area contributed by atoms with Crippen molar-refractivity contribution in [3.8, 4) is 11.1 Å². The molecule has 0 radical (unpaired) electrons. The summed E-state index contributed by atoms with van der Waals surface area (Å²) in [7, 11) is 0. The van der Waals surface area contributed by atoms with Crippen molar-refractivity contribution in [3.63, 3.8) is 0 Å². The quantitative estimate of drug-likeness (QED) is 0.730. The molecule has 1 aromatic heterocycles. The highest BCUT2D eigenvalue weighted by Gasteiger charge is 2.07. The van der Waals surface area contributed by atoms with Gasteiger partial charge in [-0.15, -0.1) is 0 Å². The van der Waals surface area contributed by atoms with Crippen LogP contribution in [0.3, 0.4) is 0 Å². The average molecular weight is 281 g/mol. The van der Waals surface area contributed by atoms with E-state index in [-0.39, 0.29) is 17.2 Å². The molecule has 3 rings (SSSR count). The molecule has 1 N–H and O–H groups in total. The monoisotopic (exact) mass is 281 g/mol. The Balaban J connectivity index is 2.20. The fourth-order valence-electron chi connectivity index (χ4n) is 2.26. The van der Waals surface area contributed by atoms with Gasteiger partial charge in [0.2, 0.25) is 0 Å². The summed E-state index contributed by atoms with van der Waals surface area (Å²) in [5.41, 5.74) is 2.01. The van der Waals surface area contributed by atoms with Crippen molar-refractivity contribution in [2.45, 2.75) is 6.92 Å². The van der Waals surface area contributed by atoms with Crippen LogP contribution >= 0.6 is 0 Å². The molecule has 0 fully saturated rings. The van der Waals surface area contributed by atoms with Crippen LogP contribution in [0.4, 0.5) is 4.39 Å². The van der Waals surface area contributed by atoms with Gasteiger partial charge < -0.3 is 4.98 Å². The van der Waals surface area contributed by atoms with Gasteiger partial charge in [-0.2, -0.15) is 0 Å². The minimum absolute atomic E-state index is 0.0552. The number of H-pyrrole nitrogens is 1. The Morgan fingerprint density at radius 3 is 2.43 bits per heavy atom. The van der Waals surface area contributed by atoms with Crippen LogP contribution < -0.4 is 5.56 Å². The summed E-state index contributed by atoms with van der Waals surface area (Å²) in [4.78, 5) is 26.3. The molecule has 0 aliphatic rings. The molecule has 3 aromatic rings. The molecular formula is C17H12FNO2. The van der Waals surface area contributed by atoms with E-state index in [0.717, 1.165) is 5.39 Å². The van der Waals surface area contributed by atoms with E-state index < -0.39 is 0 Å². The Bertz CT molecular complexity index is 895. The lowest BCUT2D eigenvalue weighted by Crippen LogP contribution is -2.09. The molecule has 0 aliphatic carbocycles. The van der Waals surface area contributed by atoms with Crippen LogP contribution in [0.25, 0.3) is 22.0 Å². The van der Waals surface area contributed by atoms with E-state index >= 15 is 0 Å². The van der Waals surface area contributed by atoms with Gasteiger partial charge in [-0.05, 0) is 42.1 Å². The maximum absolute atomic E-state index is 13.0. The predicted octanol–water partition coefficient (Wildman–Crippen LogP) is 3.54. The van der Waals surface area contributed by atoms with E-state index in [2.05, 4.69) is 4.98 Å². The van der Waals surface area contributed by atoms with Crippen molar-refractivity contribution in [2.75, 3.05) is 0 Å². The minimum atomic E-state index is -0.345. The van der Waals surface area contributed by atoms with E-state index in [1.54, 1.807) is 36.4 Å². The summed E-state index contributed by atoms with van der Waals surface area (Å²) >= 11 is 0. The number of aromatic nitrogens is 1. The van der Waals surface area contributed by atoms with Crippen LogP contribution in [0.5, 0.6) is 0 Å². The van der Waals surface area contributed by atoms with Gasteiger partial charge >= 0.3 is 0 Å². The van der Waals surface area contributed by atoms with Crippen LogP contribution in [0.1, 0.15) is 17.3 Å². The molecule has 0 saturated heterocycles. The fraction of sp³-hybridized carbons (Fsp3) is 0.0588. The highest BCUT2D eigenvalue weighted by molar-refractivity contribution is 5.98. The maximum Gasteiger partial charge on any atom is 0.256 e. The second-order valence-electron chi connectivity index (χ2n) is 4.88. The first-order valence-electron chi connectivity index (χ1n) is 6.48. The number of carbonyl (C=O) groups is 1. The lowest BCUT2D eigenvalue weighted by Gasteiger charge is -2.05. The Morgan fingerprint density at radius 2 is 1.76 bits per heavy atom. The number of hydrogen-bond donors (Lipinski definition) is 1. The number of hydrogen-bond acceptors (Lipinski definition) is 2. The molecule has 1 heterocycles. The molecule has 4 heteroatoms. The van der Waals surface area contributed by atoms with Gasteiger partial charge in [0, 0.05) is 16.6 Å². The summed E-state index contributed by atoms with van der Waals surface area (Å²) in [6, 6.07) is 12.7. The van der Waals surface area contributed by atoms with Gasteiger partial charge in [0.15, 0.2) is 5.78 Å². The number of nitrogens with one attached hydrogen (secondary N) is 1. The molecule has 0 atom stereocenters. The topological polar surface area (TPSA) is 49.9 Å². The van der Waals surface area contributed by atoms with Gasteiger partial charge in [0.05, 0.1) is 0 Å². The minimum Gasteiger partial charge on any atom is -0.321 e. The number of fused-ring (bicyclic) bond motifs is 1. The van der Waals surface area contributed by atoms with E-state index in [1.807, 2.05) is 0 Å². The Hall–Kier alpha value is -2.75. The molecule has 3 nitrogen and oxygen atoms in total. The number of benzene rings is 2. The SMILES string of the molecule is CC(=O)c1ccc2cc(-c3ccc(F)cc3)c(=O)[nH]c2c1. The maximum atomic E-state index is 13.0. The smallest absolute Gasteiger partial charge is 0.256 e. The van der Waals surface area contributed by atoms with Crippen molar-refractivity contribution in [1.29, 1.82) is 0 Å². The molecule has 0 amide bonds. The predicted molar refractivity (Wildman–Crippen MR) is 80.0 cm³/mol. The Labute approximate surface area is 120 Å². The first-order valence-corrected chi connectivity index (χ1v) is 6.48. The Kier molecular flexibility index (Phi) is 3.14. The van der Waals surface area contributed by atoms with Gasteiger partial charge in [-0.3, -0.25) is 9.59 Å². The molecule has 0 aliphatic heterocycles. The van der Waals surface area contributed by atoms with Crippen molar-refractivity contribution >= 4 is 16.7 Å². The van der Waals surface area contributed by atoms with Crippen molar-refractivity contribution in [2.24, 2.45) is 0 Å². The summed E-state index contributed by atoms with van der Waals surface area (Å²) < 4.78 is 13.0. The zero-order valence-corrected chi connectivity index (χ0v) is 11.3. The second kappa shape index (κ2) is 4.98. The normalized spacial score (nSPS) is 10.8. The molecule has 2 aromatic carbocycles. The average Bonchev–Trinajstić information content (AvgIpc) is 2.47. The van der Waals surface area contributed by atoms with Crippen LogP contribution in [-0.4, -0.2) is 10.8 Å². The number of Topliss-reactive ketones (excluding diaryl/α,β-unsaturated/α-hetero) is 1. The summed E-state index contributed by atoms with van der Waals surface area (Å²) in [5, 5.41) is 0.818. The number of aromatic amines is 1. The molecule has 0 saturated carbocycles. The molecular weight excluding hydrogens is 269 g/mol. The third-order valence-corrected chi connectivity index (χ3v) is 3.41. The molecule has 0 unspecified atom stereocenters. The summed E-state index contributed by atoms with van der Waals surface area (Å²) in [6.45, 7) is 1.48. The molecule has 21 heavy (non-hydrogen) atoms. The molecule has 104 valence electrons. The van der Waals surface area contributed by atoms with Gasteiger partial charge in [-0.25, -0.2) is 4.39 Å². The highest BCUT2D eigenvalue weighted by atomic mass is 19.1. The standard InChI is InChI=1S/C17H12FNO2/c1-10(20)12-2-3-13-8-15(17(21)19-16(13)9-12)11-4-6-14(18)7-5-11/h2-9H,1H3,(H,19,21). The van der Waals surface area contributed by atoms with E-state index in [9.17, 15) is 14.0 Å². The van der Waals surface area contributed by atoms with Crippen LogP contribution in [-0.2, 0) is 0 Å². The number of rotatable bonds is 2. The number of halogens is 1. The van der Waals surface area contributed by atoms with E-state index in [4.69, 9.17) is 0 Å².